The number of rotatable bonds is 4. The zero-order valence-electron chi connectivity index (χ0n) is 15.9. The second-order valence-corrected chi connectivity index (χ2v) is 7.85. The van der Waals surface area contributed by atoms with E-state index in [0.717, 1.165) is 26.9 Å². The molecule has 0 fully saturated rings. The van der Waals surface area contributed by atoms with E-state index >= 15 is 0 Å². The topological polar surface area (TPSA) is 61.8 Å². The first-order valence-electron chi connectivity index (χ1n) is 9.29. The van der Waals surface area contributed by atoms with Crippen molar-refractivity contribution in [1.82, 2.24) is 4.90 Å². The number of benzene rings is 3. The average Bonchev–Trinajstić information content (AvgIpc) is 2.74. The minimum absolute atomic E-state index is 0.112. The molecule has 0 saturated heterocycles. The monoisotopic (exact) mass is 452 g/mol. The van der Waals surface area contributed by atoms with Gasteiger partial charge in [-0.15, -0.1) is 0 Å². The maximum Gasteiger partial charge on any atom is 0.319 e. The van der Waals surface area contributed by atoms with Crippen LogP contribution < -0.4 is 5.32 Å². The molecule has 2 N–H and O–H groups in total. The summed E-state index contributed by atoms with van der Waals surface area (Å²) >= 11 is 3.58. The molecule has 0 aliphatic carbocycles. The lowest BCUT2D eigenvalue weighted by molar-refractivity contribution is -0.143. The number of nitrogens with one attached hydrogen (secondary N) is 1. The molecule has 5 nitrogen and oxygen atoms in total. The number of methoxy groups -OCH3 is 1. The predicted octanol–water partition coefficient (Wildman–Crippen LogP) is 4.84. The number of carbonyl (C=O) groups is 1. The quantitative estimate of drug-likeness (QED) is 0.554. The molecule has 6 heteroatoms. The van der Waals surface area contributed by atoms with Crippen molar-refractivity contribution in [3.63, 3.8) is 0 Å². The number of hydrogen-bond acceptors (Lipinski definition) is 5. The molecule has 0 amide bonds. The Morgan fingerprint density at radius 1 is 1.07 bits per heavy atom. The maximum absolute atomic E-state index is 12.3. The Labute approximate surface area is 178 Å². The minimum Gasteiger partial charge on any atom is -0.508 e. The fourth-order valence-electron chi connectivity index (χ4n) is 3.78. The lowest BCUT2D eigenvalue weighted by Gasteiger charge is -2.44. The lowest BCUT2D eigenvalue weighted by atomic mass is 9.91. The van der Waals surface area contributed by atoms with Gasteiger partial charge in [0.2, 0.25) is 0 Å². The van der Waals surface area contributed by atoms with Crippen molar-refractivity contribution in [2.24, 2.45) is 0 Å². The summed E-state index contributed by atoms with van der Waals surface area (Å²) < 4.78 is 5.97. The van der Waals surface area contributed by atoms with Gasteiger partial charge in [-0.25, -0.2) is 0 Å². The number of phenols is 1. The number of hydrogen-bond donors (Lipinski definition) is 2. The van der Waals surface area contributed by atoms with Gasteiger partial charge in [-0.05, 0) is 47.0 Å². The standard InChI is InChI=1S/C23H21BrN2O3/c1-29-21(28)14-26-22(15-5-3-2-4-6-15)19-13-17(24)9-12-20(19)25-23(26)16-7-10-18(27)11-8-16/h2-13,22-23,25,27H,14H2,1H3. The van der Waals surface area contributed by atoms with Crippen LogP contribution in [-0.2, 0) is 9.53 Å². The van der Waals surface area contributed by atoms with E-state index in [0.29, 0.717) is 0 Å². The van der Waals surface area contributed by atoms with E-state index in [-0.39, 0.29) is 30.5 Å². The van der Waals surface area contributed by atoms with Gasteiger partial charge in [0.1, 0.15) is 11.9 Å². The molecule has 0 radical (unpaired) electrons. The molecular weight excluding hydrogens is 432 g/mol. The maximum atomic E-state index is 12.3. The fourth-order valence-corrected chi connectivity index (χ4v) is 4.16. The van der Waals surface area contributed by atoms with Crippen LogP contribution in [0.3, 0.4) is 0 Å². The summed E-state index contributed by atoms with van der Waals surface area (Å²) in [5, 5.41) is 13.3. The van der Waals surface area contributed by atoms with Crippen LogP contribution in [-0.4, -0.2) is 29.6 Å². The summed E-state index contributed by atoms with van der Waals surface area (Å²) in [6, 6.07) is 23.1. The van der Waals surface area contributed by atoms with Crippen LogP contribution in [0.25, 0.3) is 0 Å². The van der Waals surface area contributed by atoms with Crippen molar-refractivity contribution < 1.29 is 14.6 Å². The van der Waals surface area contributed by atoms with Gasteiger partial charge in [0.05, 0.1) is 19.7 Å². The molecule has 4 rings (SSSR count). The van der Waals surface area contributed by atoms with Crippen molar-refractivity contribution in [3.05, 3.63) is 94.0 Å². The van der Waals surface area contributed by atoms with Crippen LogP contribution >= 0.6 is 15.9 Å². The normalized spacial score (nSPS) is 18.6. The van der Waals surface area contributed by atoms with Crippen LogP contribution in [0.5, 0.6) is 5.75 Å². The second kappa shape index (κ2) is 8.27. The molecule has 0 spiro atoms. The van der Waals surface area contributed by atoms with Gasteiger partial charge in [-0.1, -0.05) is 58.4 Å². The third kappa shape index (κ3) is 3.99. The van der Waals surface area contributed by atoms with Crippen LogP contribution in [0.2, 0.25) is 0 Å². The van der Waals surface area contributed by atoms with Crippen LogP contribution in [0.4, 0.5) is 5.69 Å². The van der Waals surface area contributed by atoms with Gasteiger partial charge in [-0.3, -0.25) is 9.69 Å². The molecule has 1 aliphatic heterocycles. The van der Waals surface area contributed by atoms with Crippen molar-refractivity contribution in [1.29, 1.82) is 0 Å². The van der Waals surface area contributed by atoms with E-state index in [4.69, 9.17) is 4.74 Å². The minimum atomic E-state index is -0.310. The third-order valence-electron chi connectivity index (χ3n) is 5.13. The van der Waals surface area contributed by atoms with E-state index in [1.54, 1.807) is 12.1 Å². The molecule has 0 saturated carbocycles. The highest BCUT2D eigenvalue weighted by Gasteiger charge is 2.37. The van der Waals surface area contributed by atoms with Gasteiger partial charge in [0, 0.05) is 10.2 Å². The third-order valence-corrected chi connectivity index (χ3v) is 5.62. The molecule has 1 heterocycles. The van der Waals surface area contributed by atoms with Gasteiger partial charge in [0.25, 0.3) is 0 Å². The highest BCUT2D eigenvalue weighted by Crippen LogP contribution is 2.44. The molecule has 29 heavy (non-hydrogen) atoms. The average molecular weight is 453 g/mol. The van der Waals surface area contributed by atoms with Crippen LogP contribution in [0, 0.1) is 0 Å². The first kappa shape index (κ1) is 19.5. The highest BCUT2D eigenvalue weighted by atomic mass is 79.9. The second-order valence-electron chi connectivity index (χ2n) is 6.93. The van der Waals surface area contributed by atoms with E-state index in [9.17, 15) is 9.90 Å². The molecule has 2 atom stereocenters. The molecule has 148 valence electrons. The number of fused-ring (bicyclic) bond motifs is 1. The SMILES string of the molecule is COC(=O)CN1C(c2ccc(O)cc2)Nc2ccc(Br)cc2C1c1ccccc1. The Bertz CT molecular complexity index is 1010. The highest BCUT2D eigenvalue weighted by molar-refractivity contribution is 9.10. The number of ether oxygens (including phenoxy) is 1. The lowest BCUT2D eigenvalue weighted by Crippen LogP contribution is -2.44. The largest absolute Gasteiger partial charge is 0.508 e. The molecule has 2 unspecified atom stereocenters. The van der Waals surface area contributed by atoms with E-state index in [1.807, 2.05) is 42.5 Å². The number of carbonyl (C=O) groups excluding carboxylic acids is 1. The number of nitrogens with zero attached hydrogens (tertiary/aromatic N) is 1. The summed E-state index contributed by atoms with van der Waals surface area (Å²) in [7, 11) is 1.40. The van der Waals surface area contributed by atoms with E-state index in [1.165, 1.54) is 7.11 Å². The van der Waals surface area contributed by atoms with Gasteiger partial charge < -0.3 is 15.2 Å². The van der Waals surface area contributed by atoms with Crippen molar-refractivity contribution in [2.75, 3.05) is 19.0 Å². The van der Waals surface area contributed by atoms with E-state index < -0.39 is 0 Å². The summed E-state index contributed by atoms with van der Waals surface area (Å²) in [6.07, 6.45) is -0.270. The zero-order valence-corrected chi connectivity index (χ0v) is 17.5. The number of halogens is 1. The van der Waals surface area contributed by atoms with Crippen molar-refractivity contribution >= 4 is 27.6 Å². The van der Waals surface area contributed by atoms with Crippen molar-refractivity contribution in [2.45, 2.75) is 12.2 Å². The van der Waals surface area contributed by atoms with Gasteiger partial charge >= 0.3 is 5.97 Å². The molecule has 3 aromatic rings. The van der Waals surface area contributed by atoms with Gasteiger partial charge in [-0.2, -0.15) is 0 Å². The molecular formula is C23H21BrN2O3. The summed E-state index contributed by atoms with van der Waals surface area (Å²) in [4.78, 5) is 14.4. The van der Waals surface area contributed by atoms with Crippen molar-refractivity contribution in [3.8, 4) is 5.75 Å². The smallest absolute Gasteiger partial charge is 0.319 e. The molecule has 0 bridgehead atoms. The molecule has 3 aromatic carbocycles. The zero-order chi connectivity index (χ0) is 20.4. The Morgan fingerprint density at radius 3 is 2.48 bits per heavy atom. The van der Waals surface area contributed by atoms with E-state index in [2.05, 4.69) is 44.3 Å². The predicted molar refractivity (Wildman–Crippen MR) is 116 cm³/mol. The number of aromatic hydroxyl groups is 1. The Hall–Kier alpha value is -2.83. The number of phenolic OH excluding ortho intramolecular Hbond substituents is 1. The summed E-state index contributed by atoms with van der Waals surface area (Å²) in [5.74, 6) is -0.108. The summed E-state index contributed by atoms with van der Waals surface area (Å²) in [6.45, 7) is 0.112. The Morgan fingerprint density at radius 2 is 1.79 bits per heavy atom. The summed E-state index contributed by atoms with van der Waals surface area (Å²) in [5.41, 5.74) is 4.10. The Balaban J connectivity index is 1.88. The fraction of sp³-hybridized carbons (Fsp3) is 0.174. The van der Waals surface area contributed by atoms with Crippen LogP contribution in [0.1, 0.15) is 28.9 Å². The first-order valence-corrected chi connectivity index (χ1v) is 10.1. The number of anilines is 1. The first-order chi connectivity index (χ1) is 14.1. The molecule has 1 aliphatic rings. The molecule has 0 aromatic heterocycles. The van der Waals surface area contributed by atoms with Crippen LogP contribution in [0.15, 0.2) is 77.3 Å². The number of esters is 1. The Kier molecular flexibility index (Phi) is 5.56. The van der Waals surface area contributed by atoms with Gasteiger partial charge in [0.15, 0.2) is 0 Å².